The van der Waals surface area contributed by atoms with Crippen LogP contribution in [0.1, 0.15) is 11.5 Å². The largest absolute Gasteiger partial charge is 0.497 e. The summed E-state index contributed by atoms with van der Waals surface area (Å²) in [4.78, 5) is 17.0. The number of rotatable bonds is 4. The summed E-state index contributed by atoms with van der Waals surface area (Å²) in [5.41, 5.74) is 0.608. The molecule has 0 spiro atoms. The predicted octanol–water partition coefficient (Wildman–Crippen LogP) is 3.50. The summed E-state index contributed by atoms with van der Waals surface area (Å²) in [6.45, 7) is 1.85. The summed E-state index contributed by atoms with van der Waals surface area (Å²) in [6, 6.07) is 8.96. The van der Waals surface area contributed by atoms with Gasteiger partial charge in [0.15, 0.2) is 5.17 Å². The summed E-state index contributed by atoms with van der Waals surface area (Å²) in [6.07, 6.45) is 1.70. The fourth-order valence-corrected chi connectivity index (χ4v) is 2.94. The van der Waals surface area contributed by atoms with Gasteiger partial charge in [0.2, 0.25) is 0 Å². The van der Waals surface area contributed by atoms with Crippen LogP contribution in [0.3, 0.4) is 0 Å². The molecular weight excluding hydrogens is 328 g/mol. The van der Waals surface area contributed by atoms with Crippen LogP contribution in [0.2, 0.25) is 0 Å². The predicted molar refractivity (Wildman–Crippen MR) is 93.8 cm³/mol. The first kappa shape index (κ1) is 16.2. The summed E-state index contributed by atoms with van der Waals surface area (Å²) in [7, 11) is 3.14. The van der Waals surface area contributed by atoms with Crippen molar-refractivity contribution in [3.8, 4) is 11.5 Å². The Morgan fingerprint density at radius 1 is 1.21 bits per heavy atom. The Bertz CT molecular complexity index is 839. The number of amidine groups is 1. The zero-order chi connectivity index (χ0) is 17.1. The number of hydrogen-bond acceptors (Lipinski definition) is 6. The second-order valence-electron chi connectivity index (χ2n) is 4.97. The van der Waals surface area contributed by atoms with E-state index in [9.17, 15) is 4.79 Å². The minimum atomic E-state index is -0.208. The molecule has 0 aliphatic carbocycles. The lowest BCUT2D eigenvalue weighted by Gasteiger charge is -2.07. The van der Waals surface area contributed by atoms with E-state index >= 15 is 0 Å². The first-order valence-electron chi connectivity index (χ1n) is 7.17. The van der Waals surface area contributed by atoms with Crippen LogP contribution in [0, 0.1) is 6.92 Å². The molecule has 7 heteroatoms. The zero-order valence-electron chi connectivity index (χ0n) is 13.5. The second-order valence-corrected chi connectivity index (χ2v) is 6.00. The molecule has 1 fully saturated rings. The van der Waals surface area contributed by atoms with Crippen molar-refractivity contribution in [3.05, 3.63) is 46.8 Å². The maximum atomic E-state index is 12.1. The van der Waals surface area contributed by atoms with Crippen LogP contribution in [-0.4, -0.2) is 25.3 Å². The number of nitrogens with zero attached hydrogens (tertiary/aromatic N) is 1. The smallest absolute Gasteiger partial charge is 0.264 e. The number of carbonyl (C=O) groups is 1. The second kappa shape index (κ2) is 6.84. The van der Waals surface area contributed by atoms with Crippen LogP contribution in [0.25, 0.3) is 6.08 Å². The van der Waals surface area contributed by atoms with Crippen molar-refractivity contribution >= 4 is 34.6 Å². The highest BCUT2D eigenvalue weighted by Crippen LogP contribution is 2.34. The molecule has 1 aromatic heterocycles. The van der Waals surface area contributed by atoms with Crippen LogP contribution in [0.5, 0.6) is 11.5 Å². The van der Waals surface area contributed by atoms with Gasteiger partial charge in [0, 0.05) is 12.1 Å². The number of thioether (sulfide) groups is 1. The maximum absolute atomic E-state index is 12.1. The molecule has 24 heavy (non-hydrogen) atoms. The van der Waals surface area contributed by atoms with Crippen molar-refractivity contribution < 1.29 is 18.7 Å². The molecule has 1 aliphatic heterocycles. The molecule has 1 aromatic carbocycles. The van der Waals surface area contributed by atoms with E-state index in [4.69, 9.17) is 13.9 Å². The fourth-order valence-electron chi connectivity index (χ4n) is 2.13. The van der Waals surface area contributed by atoms with E-state index in [-0.39, 0.29) is 5.91 Å². The average Bonchev–Trinajstić information content (AvgIpc) is 3.14. The minimum absolute atomic E-state index is 0.208. The van der Waals surface area contributed by atoms with Gasteiger partial charge in [0.25, 0.3) is 5.91 Å². The van der Waals surface area contributed by atoms with Gasteiger partial charge in [-0.3, -0.25) is 4.79 Å². The molecule has 3 rings (SSSR count). The molecule has 2 heterocycles. The van der Waals surface area contributed by atoms with Crippen molar-refractivity contribution in [2.45, 2.75) is 6.92 Å². The topological polar surface area (TPSA) is 73.1 Å². The van der Waals surface area contributed by atoms with E-state index in [1.807, 2.05) is 19.1 Å². The van der Waals surface area contributed by atoms with E-state index < -0.39 is 0 Å². The Labute approximate surface area is 143 Å². The van der Waals surface area contributed by atoms with E-state index in [1.54, 1.807) is 38.5 Å². The van der Waals surface area contributed by atoms with Crippen LogP contribution in [0.4, 0.5) is 5.69 Å². The van der Waals surface area contributed by atoms with Crippen molar-refractivity contribution in [1.82, 2.24) is 5.32 Å². The maximum Gasteiger partial charge on any atom is 0.264 e. The Morgan fingerprint density at radius 3 is 2.71 bits per heavy atom. The molecule has 1 saturated heterocycles. The molecule has 2 aromatic rings. The van der Waals surface area contributed by atoms with Crippen molar-refractivity contribution in [3.63, 3.8) is 0 Å². The number of amides is 1. The van der Waals surface area contributed by atoms with Gasteiger partial charge in [-0.1, -0.05) is 0 Å². The SMILES string of the molecule is COc1ccc(N=C2NC(=O)C(=Cc3ccc(C)o3)S2)c(OC)c1. The van der Waals surface area contributed by atoms with Gasteiger partial charge < -0.3 is 19.2 Å². The normalized spacial score (nSPS) is 17.4. The van der Waals surface area contributed by atoms with Crippen LogP contribution in [0.15, 0.2) is 44.6 Å². The van der Waals surface area contributed by atoms with Crippen molar-refractivity contribution in [1.29, 1.82) is 0 Å². The first-order chi connectivity index (χ1) is 11.6. The van der Waals surface area contributed by atoms with Crippen molar-refractivity contribution in [2.75, 3.05) is 14.2 Å². The van der Waals surface area contributed by atoms with Crippen LogP contribution < -0.4 is 14.8 Å². The zero-order valence-corrected chi connectivity index (χ0v) is 14.3. The lowest BCUT2D eigenvalue weighted by atomic mass is 10.3. The number of carbonyl (C=O) groups excluding carboxylic acids is 1. The third-order valence-corrected chi connectivity index (χ3v) is 4.20. The number of aryl methyl sites for hydroxylation is 1. The Kier molecular flexibility index (Phi) is 4.61. The highest BCUT2D eigenvalue weighted by molar-refractivity contribution is 8.18. The standard InChI is InChI=1S/C17H16N2O4S/c1-10-4-5-12(23-10)9-15-16(20)19-17(24-15)18-13-7-6-11(21-2)8-14(13)22-3/h4-9H,1-3H3,(H,18,19,20). The van der Waals surface area contributed by atoms with E-state index in [0.29, 0.717) is 33.0 Å². The van der Waals surface area contributed by atoms with E-state index in [2.05, 4.69) is 10.3 Å². The number of nitrogens with one attached hydrogen (secondary N) is 1. The Morgan fingerprint density at radius 2 is 2.04 bits per heavy atom. The molecule has 1 aliphatic rings. The highest BCUT2D eigenvalue weighted by Gasteiger charge is 2.24. The summed E-state index contributed by atoms with van der Waals surface area (Å²) in [5, 5.41) is 3.22. The molecule has 0 radical (unpaired) electrons. The third kappa shape index (κ3) is 3.46. The Hall–Kier alpha value is -2.67. The lowest BCUT2D eigenvalue weighted by Crippen LogP contribution is -2.19. The van der Waals surface area contributed by atoms with Gasteiger partial charge in [-0.25, -0.2) is 4.99 Å². The molecular formula is C17H16N2O4S. The van der Waals surface area contributed by atoms with Gasteiger partial charge in [0.1, 0.15) is 28.7 Å². The number of hydrogen-bond donors (Lipinski definition) is 1. The summed E-state index contributed by atoms with van der Waals surface area (Å²) < 4.78 is 15.9. The lowest BCUT2D eigenvalue weighted by molar-refractivity contribution is -0.115. The molecule has 1 N–H and O–H groups in total. The van der Waals surface area contributed by atoms with Crippen molar-refractivity contribution in [2.24, 2.45) is 4.99 Å². The average molecular weight is 344 g/mol. The van der Waals surface area contributed by atoms with E-state index in [1.165, 1.54) is 11.8 Å². The molecule has 0 saturated carbocycles. The van der Waals surface area contributed by atoms with Gasteiger partial charge >= 0.3 is 0 Å². The van der Waals surface area contributed by atoms with Gasteiger partial charge in [-0.05, 0) is 43.0 Å². The number of benzene rings is 1. The number of methoxy groups -OCH3 is 2. The number of ether oxygens (including phenoxy) is 2. The van der Waals surface area contributed by atoms with Gasteiger partial charge in [-0.2, -0.15) is 0 Å². The molecule has 1 amide bonds. The van der Waals surface area contributed by atoms with Gasteiger partial charge in [-0.15, -0.1) is 0 Å². The molecule has 0 bridgehead atoms. The molecule has 124 valence electrons. The summed E-state index contributed by atoms with van der Waals surface area (Å²) >= 11 is 1.25. The highest BCUT2D eigenvalue weighted by atomic mass is 32.2. The molecule has 6 nitrogen and oxygen atoms in total. The Balaban J connectivity index is 1.85. The molecule has 0 atom stereocenters. The number of aliphatic imine (C=N–C) groups is 1. The molecule has 0 unspecified atom stereocenters. The summed E-state index contributed by atoms with van der Waals surface area (Å²) in [5.74, 6) is 2.46. The van der Waals surface area contributed by atoms with E-state index in [0.717, 1.165) is 5.76 Å². The fraction of sp³-hybridized carbons (Fsp3) is 0.176. The van der Waals surface area contributed by atoms with Crippen LogP contribution >= 0.6 is 11.8 Å². The van der Waals surface area contributed by atoms with Crippen LogP contribution in [-0.2, 0) is 4.79 Å². The minimum Gasteiger partial charge on any atom is -0.497 e. The monoisotopic (exact) mass is 344 g/mol. The third-order valence-electron chi connectivity index (χ3n) is 3.29. The van der Waals surface area contributed by atoms with Gasteiger partial charge in [0.05, 0.1) is 19.1 Å². The first-order valence-corrected chi connectivity index (χ1v) is 7.99. The quantitative estimate of drug-likeness (QED) is 0.860. The number of furan rings is 1.